The van der Waals surface area contributed by atoms with Crippen LogP contribution in [0.1, 0.15) is 41.4 Å². The highest BCUT2D eigenvalue weighted by molar-refractivity contribution is 9.10. The van der Waals surface area contributed by atoms with E-state index in [9.17, 15) is 4.79 Å². The lowest BCUT2D eigenvalue weighted by atomic mass is 10.0. The van der Waals surface area contributed by atoms with Crippen LogP contribution in [0.4, 0.5) is 11.5 Å². The van der Waals surface area contributed by atoms with Crippen molar-refractivity contribution in [2.24, 2.45) is 0 Å². The highest BCUT2D eigenvalue weighted by Crippen LogP contribution is 2.25. The average molecular weight is 444 g/mol. The summed E-state index contributed by atoms with van der Waals surface area (Å²) >= 11 is 3.44. The SMILES string of the molecule is COc1ccc(Br)cc1Cn1nnc(C(=O)Nc2ccc(C(C)C)cc2)c1N. The number of ether oxygens (including phenoxy) is 1. The fourth-order valence-corrected chi connectivity index (χ4v) is 3.18. The van der Waals surface area contributed by atoms with E-state index in [4.69, 9.17) is 10.5 Å². The largest absolute Gasteiger partial charge is 0.496 e. The summed E-state index contributed by atoms with van der Waals surface area (Å²) in [6.07, 6.45) is 0. The van der Waals surface area contributed by atoms with Crippen LogP contribution in [0.3, 0.4) is 0 Å². The molecule has 0 saturated heterocycles. The van der Waals surface area contributed by atoms with Crippen molar-refractivity contribution in [3.05, 3.63) is 63.8 Å². The number of hydrogen-bond acceptors (Lipinski definition) is 5. The zero-order chi connectivity index (χ0) is 20.3. The Hall–Kier alpha value is -2.87. The molecule has 0 aliphatic heterocycles. The van der Waals surface area contributed by atoms with E-state index >= 15 is 0 Å². The third-order valence-corrected chi connectivity index (χ3v) is 4.88. The second-order valence-corrected chi connectivity index (χ2v) is 7.58. The minimum Gasteiger partial charge on any atom is -0.496 e. The number of rotatable bonds is 6. The zero-order valence-corrected chi connectivity index (χ0v) is 17.5. The molecule has 146 valence electrons. The van der Waals surface area contributed by atoms with Crippen LogP contribution < -0.4 is 15.8 Å². The molecule has 0 atom stereocenters. The van der Waals surface area contributed by atoms with Crippen molar-refractivity contribution >= 4 is 33.3 Å². The number of methoxy groups -OCH3 is 1. The predicted molar refractivity (Wildman–Crippen MR) is 113 cm³/mol. The molecule has 3 N–H and O–H groups in total. The van der Waals surface area contributed by atoms with Crippen molar-refractivity contribution in [3.8, 4) is 5.75 Å². The van der Waals surface area contributed by atoms with E-state index in [2.05, 4.69) is 45.4 Å². The Labute approximate surface area is 172 Å². The second-order valence-electron chi connectivity index (χ2n) is 6.67. The summed E-state index contributed by atoms with van der Waals surface area (Å²) in [4.78, 5) is 12.6. The molecular weight excluding hydrogens is 422 g/mol. The van der Waals surface area contributed by atoms with Crippen LogP contribution in [-0.2, 0) is 6.54 Å². The van der Waals surface area contributed by atoms with Crippen molar-refractivity contribution in [3.63, 3.8) is 0 Å². The monoisotopic (exact) mass is 443 g/mol. The van der Waals surface area contributed by atoms with Crippen molar-refractivity contribution in [1.29, 1.82) is 0 Å². The molecular formula is C20H22BrN5O2. The smallest absolute Gasteiger partial charge is 0.280 e. The van der Waals surface area contributed by atoms with Gasteiger partial charge in [-0.15, -0.1) is 5.10 Å². The van der Waals surface area contributed by atoms with Crippen LogP contribution >= 0.6 is 15.9 Å². The van der Waals surface area contributed by atoms with E-state index < -0.39 is 5.91 Å². The minimum absolute atomic E-state index is 0.0851. The predicted octanol–water partition coefficient (Wildman–Crippen LogP) is 4.06. The molecule has 1 aromatic heterocycles. The maximum Gasteiger partial charge on any atom is 0.280 e. The summed E-state index contributed by atoms with van der Waals surface area (Å²) in [6, 6.07) is 13.3. The molecule has 8 heteroatoms. The maximum atomic E-state index is 12.6. The first-order valence-corrected chi connectivity index (χ1v) is 9.61. The van der Waals surface area contributed by atoms with Gasteiger partial charge in [-0.1, -0.05) is 47.1 Å². The molecule has 0 radical (unpaired) electrons. The molecule has 0 aliphatic rings. The van der Waals surface area contributed by atoms with Gasteiger partial charge in [0.2, 0.25) is 0 Å². The van der Waals surface area contributed by atoms with Crippen molar-refractivity contribution in [1.82, 2.24) is 15.0 Å². The summed E-state index contributed by atoms with van der Waals surface area (Å²) < 4.78 is 7.75. The summed E-state index contributed by atoms with van der Waals surface area (Å²) in [5.74, 6) is 0.922. The normalized spacial score (nSPS) is 10.9. The summed E-state index contributed by atoms with van der Waals surface area (Å²) in [7, 11) is 1.60. The van der Waals surface area contributed by atoms with E-state index in [0.29, 0.717) is 23.9 Å². The van der Waals surface area contributed by atoms with E-state index in [1.807, 2.05) is 42.5 Å². The lowest BCUT2D eigenvalue weighted by molar-refractivity contribution is 0.102. The quantitative estimate of drug-likeness (QED) is 0.598. The summed E-state index contributed by atoms with van der Waals surface area (Å²) in [6.45, 7) is 4.57. The van der Waals surface area contributed by atoms with Gasteiger partial charge in [-0.25, -0.2) is 4.68 Å². The number of anilines is 2. The van der Waals surface area contributed by atoms with Crippen LogP contribution in [-0.4, -0.2) is 28.0 Å². The molecule has 0 unspecified atom stereocenters. The lowest BCUT2D eigenvalue weighted by Crippen LogP contribution is -2.15. The first kappa shape index (κ1) is 19.9. The summed E-state index contributed by atoms with van der Waals surface area (Å²) in [5, 5.41) is 10.8. The van der Waals surface area contributed by atoms with Crippen LogP contribution in [0.25, 0.3) is 0 Å². The third kappa shape index (κ3) is 4.33. The summed E-state index contributed by atoms with van der Waals surface area (Å²) in [5.41, 5.74) is 8.95. The second kappa shape index (κ2) is 8.43. The van der Waals surface area contributed by atoms with Gasteiger partial charge in [0.25, 0.3) is 5.91 Å². The van der Waals surface area contributed by atoms with Gasteiger partial charge in [-0.05, 0) is 41.8 Å². The molecule has 2 aromatic carbocycles. The highest BCUT2D eigenvalue weighted by atomic mass is 79.9. The number of amides is 1. The van der Waals surface area contributed by atoms with E-state index in [1.165, 1.54) is 10.2 Å². The number of aromatic nitrogens is 3. The molecule has 0 saturated carbocycles. The van der Waals surface area contributed by atoms with Crippen molar-refractivity contribution in [2.45, 2.75) is 26.3 Å². The molecule has 0 spiro atoms. The number of carbonyl (C=O) groups is 1. The van der Waals surface area contributed by atoms with Gasteiger partial charge < -0.3 is 15.8 Å². The standard InChI is InChI=1S/C20H22BrN5O2/c1-12(2)13-4-7-16(8-5-13)23-20(27)18-19(22)26(25-24-18)11-14-10-15(21)6-9-17(14)28-3/h4-10,12H,11,22H2,1-3H3,(H,23,27). The molecule has 28 heavy (non-hydrogen) atoms. The number of nitrogen functional groups attached to an aromatic ring is 1. The number of nitrogens with one attached hydrogen (secondary N) is 1. The van der Waals surface area contributed by atoms with Crippen molar-refractivity contribution < 1.29 is 9.53 Å². The van der Waals surface area contributed by atoms with Gasteiger partial charge in [-0.2, -0.15) is 0 Å². The van der Waals surface area contributed by atoms with E-state index in [-0.39, 0.29) is 11.5 Å². The van der Waals surface area contributed by atoms with Gasteiger partial charge in [-0.3, -0.25) is 4.79 Å². The fourth-order valence-electron chi connectivity index (χ4n) is 2.77. The maximum absolute atomic E-state index is 12.6. The van der Waals surface area contributed by atoms with E-state index in [0.717, 1.165) is 10.0 Å². The lowest BCUT2D eigenvalue weighted by Gasteiger charge is -2.10. The third-order valence-electron chi connectivity index (χ3n) is 4.39. The van der Waals surface area contributed by atoms with Gasteiger partial charge in [0.05, 0.1) is 13.7 Å². The Morgan fingerprint density at radius 1 is 1.25 bits per heavy atom. The number of halogens is 1. The number of nitrogens with two attached hydrogens (primary N) is 1. The molecule has 0 fully saturated rings. The Morgan fingerprint density at radius 3 is 2.61 bits per heavy atom. The minimum atomic E-state index is -0.401. The van der Waals surface area contributed by atoms with Crippen LogP contribution in [0.15, 0.2) is 46.9 Å². The molecule has 3 aromatic rings. The highest BCUT2D eigenvalue weighted by Gasteiger charge is 2.19. The molecule has 1 heterocycles. The van der Waals surface area contributed by atoms with Crippen LogP contribution in [0, 0.1) is 0 Å². The Balaban J connectivity index is 1.77. The van der Waals surface area contributed by atoms with E-state index in [1.54, 1.807) is 7.11 Å². The molecule has 0 aliphatic carbocycles. The Bertz CT molecular complexity index is 983. The zero-order valence-electron chi connectivity index (χ0n) is 15.9. The first-order valence-electron chi connectivity index (χ1n) is 8.81. The van der Waals surface area contributed by atoms with Crippen LogP contribution in [0.5, 0.6) is 5.75 Å². The molecule has 0 bridgehead atoms. The topological polar surface area (TPSA) is 95.1 Å². The van der Waals surface area contributed by atoms with Gasteiger partial charge in [0.1, 0.15) is 5.75 Å². The fraction of sp³-hybridized carbons (Fsp3) is 0.250. The molecule has 3 rings (SSSR count). The van der Waals surface area contributed by atoms with Gasteiger partial charge >= 0.3 is 0 Å². The molecule has 1 amide bonds. The van der Waals surface area contributed by atoms with Crippen molar-refractivity contribution in [2.75, 3.05) is 18.2 Å². The Morgan fingerprint density at radius 2 is 1.96 bits per heavy atom. The number of hydrogen-bond donors (Lipinski definition) is 2. The van der Waals surface area contributed by atoms with Gasteiger partial charge in [0, 0.05) is 15.7 Å². The van der Waals surface area contributed by atoms with Crippen LogP contribution in [0.2, 0.25) is 0 Å². The van der Waals surface area contributed by atoms with Gasteiger partial charge in [0.15, 0.2) is 11.5 Å². The number of carbonyl (C=O) groups excluding carboxylic acids is 1. The Kier molecular flexibility index (Phi) is 5.99. The number of nitrogens with zero attached hydrogens (tertiary/aromatic N) is 3. The first-order chi connectivity index (χ1) is 13.4. The average Bonchev–Trinajstić information content (AvgIpc) is 3.03. The number of benzene rings is 2. The molecule has 7 nitrogen and oxygen atoms in total.